The largest absolute Gasteiger partial charge is 0.326 e. The van der Waals surface area contributed by atoms with E-state index in [1.165, 1.54) is 28.4 Å². The van der Waals surface area contributed by atoms with Gasteiger partial charge in [0.15, 0.2) is 5.82 Å². The van der Waals surface area contributed by atoms with Crippen LogP contribution in [0.15, 0.2) is 42.5 Å². The molecule has 0 aliphatic rings. The molecular weight excluding hydrogens is 333 g/mol. The molecule has 0 aliphatic heterocycles. The monoisotopic (exact) mass is 353 g/mol. The summed E-state index contributed by atoms with van der Waals surface area (Å²) >= 11 is 0. The minimum absolute atomic E-state index is 0.129. The van der Waals surface area contributed by atoms with Crippen LogP contribution in [0.3, 0.4) is 0 Å². The Morgan fingerprint density at radius 2 is 1.88 bits per heavy atom. The fourth-order valence-corrected chi connectivity index (χ4v) is 2.63. The van der Waals surface area contributed by atoms with Crippen molar-refractivity contribution in [3.8, 4) is 5.69 Å². The summed E-state index contributed by atoms with van der Waals surface area (Å²) in [5, 5.41) is 13.8. The number of carbonyl (C=O) groups excluding carboxylic acids is 1. The van der Waals surface area contributed by atoms with Gasteiger partial charge in [0.25, 0.3) is 0 Å². The Kier molecular flexibility index (Phi) is 5.36. The Morgan fingerprint density at radius 1 is 1.15 bits per heavy atom. The van der Waals surface area contributed by atoms with Gasteiger partial charge < -0.3 is 5.32 Å². The quantitative estimate of drug-likeness (QED) is 0.738. The van der Waals surface area contributed by atoms with Crippen LogP contribution < -0.4 is 5.32 Å². The second kappa shape index (κ2) is 7.86. The van der Waals surface area contributed by atoms with Crippen molar-refractivity contribution in [3.05, 3.63) is 65.2 Å². The molecule has 0 aliphatic carbocycles. The first kappa shape index (κ1) is 17.7. The number of halogens is 1. The first-order valence-electron chi connectivity index (χ1n) is 8.49. The molecule has 0 saturated carbocycles. The molecule has 0 spiro atoms. The van der Waals surface area contributed by atoms with Gasteiger partial charge in [-0.2, -0.15) is 4.68 Å². The zero-order valence-corrected chi connectivity index (χ0v) is 14.7. The van der Waals surface area contributed by atoms with Gasteiger partial charge in [-0.15, -0.1) is 5.10 Å². The molecule has 0 unspecified atom stereocenters. The fraction of sp³-hybridized carbons (Fsp3) is 0.263. The van der Waals surface area contributed by atoms with Crippen molar-refractivity contribution in [2.45, 2.75) is 33.1 Å². The van der Waals surface area contributed by atoms with Crippen LogP contribution in [0.25, 0.3) is 5.69 Å². The van der Waals surface area contributed by atoms with Gasteiger partial charge in [-0.3, -0.25) is 4.79 Å². The van der Waals surface area contributed by atoms with Crippen LogP contribution in [0.2, 0.25) is 0 Å². The fourth-order valence-electron chi connectivity index (χ4n) is 2.63. The lowest BCUT2D eigenvalue weighted by Crippen LogP contribution is -2.13. The molecule has 7 heteroatoms. The average molecular weight is 353 g/mol. The van der Waals surface area contributed by atoms with Crippen molar-refractivity contribution in [3.63, 3.8) is 0 Å². The predicted octanol–water partition coefficient (Wildman–Crippen LogP) is 3.24. The molecule has 1 amide bonds. The lowest BCUT2D eigenvalue weighted by atomic mass is 10.1. The predicted molar refractivity (Wildman–Crippen MR) is 96.6 cm³/mol. The van der Waals surface area contributed by atoms with Gasteiger partial charge in [0.1, 0.15) is 11.5 Å². The third-order valence-corrected chi connectivity index (χ3v) is 4.16. The van der Waals surface area contributed by atoms with Gasteiger partial charge in [-0.25, -0.2) is 4.39 Å². The Bertz CT molecular complexity index is 905. The van der Waals surface area contributed by atoms with Crippen molar-refractivity contribution in [2.75, 3.05) is 5.32 Å². The molecule has 1 N–H and O–H groups in total. The van der Waals surface area contributed by atoms with E-state index in [0.717, 1.165) is 12.0 Å². The van der Waals surface area contributed by atoms with Crippen molar-refractivity contribution < 1.29 is 9.18 Å². The van der Waals surface area contributed by atoms with Crippen LogP contribution >= 0.6 is 0 Å². The molecule has 0 fully saturated rings. The molecule has 0 radical (unpaired) electrons. The van der Waals surface area contributed by atoms with E-state index in [0.29, 0.717) is 24.4 Å². The highest BCUT2D eigenvalue weighted by atomic mass is 19.1. The first-order chi connectivity index (χ1) is 12.6. The standard InChI is InChI=1S/C19H20FN5O/c1-3-14-4-6-15(7-5-14)8-11-19(26)21-16-9-10-17(20)18(12-16)25-13(2)22-23-24-25/h4-7,9-10,12H,3,8,11H2,1-2H3,(H,21,26). The second-order valence-electron chi connectivity index (χ2n) is 6.02. The summed E-state index contributed by atoms with van der Waals surface area (Å²) in [5.74, 6) is -0.132. The van der Waals surface area contributed by atoms with Gasteiger partial charge in [-0.1, -0.05) is 31.2 Å². The Balaban J connectivity index is 1.65. The summed E-state index contributed by atoms with van der Waals surface area (Å²) in [7, 11) is 0. The molecule has 1 aromatic heterocycles. The first-order valence-corrected chi connectivity index (χ1v) is 8.49. The number of nitrogens with zero attached hydrogens (tertiary/aromatic N) is 4. The van der Waals surface area contributed by atoms with Gasteiger partial charge in [0.2, 0.25) is 5.91 Å². The summed E-state index contributed by atoms with van der Waals surface area (Å²) in [6.07, 6.45) is 1.99. The van der Waals surface area contributed by atoms with E-state index in [-0.39, 0.29) is 11.6 Å². The molecule has 0 atom stereocenters. The zero-order valence-electron chi connectivity index (χ0n) is 14.7. The van der Waals surface area contributed by atoms with Gasteiger partial charge in [0, 0.05) is 12.1 Å². The molecule has 2 aromatic carbocycles. The third-order valence-electron chi connectivity index (χ3n) is 4.16. The van der Waals surface area contributed by atoms with E-state index in [1.54, 1.807) is 6.92 Å². The van der Waals surface area contributed by atoms with E-state index in [9.17, 15) is 9.18 Å². The van der Waals surface area contributed by atoms with Crippen molar-refractivity contribution in [2.24, 2.45) is 0 Å². The maximum absolute atomic E-state index is 14.1. The normalized spacial score (nSPS) is 10.7. The van der Waals surface area contributed by atoms with Crippen molar-refractivity contribution >= 4 is 11.6 Å². The summed E-state index contributed by atoms with van der Waals surface area (Å²) in [6.45, 7) is 3.78. The van der Waals surface area contributed by atoms with E-state index in [4.69, 9.17) is 0 Å². The van der Waals surface area contributed by atoms with Crippen LogP contribution in [0.5, 0.6) is 0 Å². The van der Waals surface area contributed by atoms with Crippen LogP contribution in [0.4, 0.5) is 10.1 Å². The smallest absolute Gasteiger partial charge is 0.224 e. The number of hydrogen-bond donors (Lipinski definition) is 1. The second-order valence-corrected chi connectivity index (χ2v) is 6.02. The van der Waals surface area contributed by atoms with Crippen molar-refractivity contribution in [1.29, 1.82) is 0 Å². The van der Waals surface area contributed by atoms with Crippen molar-refractivity contribution in [1.82, 2.24) is 20.2 Å². The number of amides is 1. The maximum Gasteiger partial charge on any atom is 0.224 e. The third kappa shape index (κ3) is 4.11. The molecule has 6 nitrogen and oxygen atoms in total. The SMILES string of the molecule is CCc1ccc(CCC(=O)Nc2ccc(F)c(-n3nnnc3C)c2)cc1. The average Bonchev–Trinajstić information content (AvgIpc) is 3.08. The van der Waals surface area contributed by atoms with E-state index < -0.39 is 5.82 Å². The molecule has 1 heterocycles. The summed E-state index contributed by atoms with van der Waals surface area (Å²) in [4.78, 5) is 12.2. The summed E-state index contributed by atoms with van der Waals surface area (Å²) in [5.41, 5.74) is 3.08. The minimum atomic E-state index is -0.464. The summed E-state index contributed by atoms with van der Waals surface area (Å²) < 4.78 is 15.3. The van der Waals surface area contributed by atoms with E-state index in [1.807, 2.05) is 12.1 Å². The number of rotatable bonds is 6. The van der Waals surface area contributed by atoms with Gasteiger partial charge in [0.05, 0.1) is 0 Å². The number of aryl methyl sites for hydroxylation is 3. The molecule has 26 heavy (non-hydrogen) atoms. The highest BCUT2D eigenvalue weighted by Gasteiger charge is 2.12. The number of carbonyl (C=O) groups is 1. The topological polar surface area (TPSA) is 72.7 Å². The summed E-state index contributed by atoms with van der Waals surface area (Å²) in [6, 6.07) is 12.6. The van der Waals surface area contributed by atoms with Gasteiger partial charge >= 0.3 is 0 Å². The maximum atomic E-state index is 14.1. The zero-order chi connectivity index (χ0) is 18.5. The Labute approximate surface area is 151 Å². The van der Waals surface area contributed by atoms with Crippen LogP contribution in [0.1, 0.15) is 30.3 Å². The Morgan fingerprint density at radius 3 is 2.54 bits per heavy atom. The number of nitrogens with one attached hydrogen (secondary N) is 1. The lowest BCUT2D eigenvalue weighted by molar-refractivity contribution is -0.116. The van der Waals surface area contributed by atoms with Crippen LogP contribution in [-0.2, 0) is 17.6 Å². The number of benzene rings is 2. The molecule has 0 saturated heterocycles. The lowest BCUT2D eigenvalue weighted by Gasteiger charge is -2.09. The molecule has 0 bridgehead atoms. The number of aromatic nitrogens is 4. The molecular formula is C19H20FN5O. The Hall–Kier alpha value is -3.09. The van der Waals surface area contributed by atoms with E-state index >= 15 is 0 Å². The van der Waals surface area contributed by atoms with Gasteiger partial charge in [-0.05, 0) is 59.5 Å². The minimum Gasteiger partial charge on any atom is -0.326 e. The number of tetrazole rings is 1. The highest BCUT2D eigenvalue weighted by molar-refractivity contribution is 5.91. The molecule has 134 valence electrons. The van der Waals surface area contributed by atoms with E-state index in [2.05, 4.69) is 39.9 Å². The highest BCUT2D eigenvalue weighted by Crippen LogP contribution is 2.19. The molecule has 3 rings (SSSR count). The van der Waals surface area contributed by atoms with Crippen LogP contribution in [0, 0.1) is 12.7 Å². The number of anilines is 1. The number of hydrogen-bond acceptors (Lipinski definition) is 4. The van der Waals surface area contributed by atoms with Crippen LogP contribution in [-0.4, -0.2) is 26.1 Å². The molecule has 3 aromatic rings.